The number of hydrogen-bond acceptors (Lipinski definition) is 0. The van der Waals surface area contributed by atoms with Crippen molar-refractivity contribution in [1.29, 1.82) is 0 Å². The molecule has 0 saturated heterocycles. The lowest BCUT2D eigenvalue weighted by molar-refractivity contribution is 0.781. The van der Waals surface area contributed by atoms with Gasteiger partial charge in [0, 0.05) is 25.7 Å². The molecule has 0 unspecified atom stereocenters. The van der Waals surface area contributed by atoms with Gasteiger partial charge in [0.05, 0.1) is 0 Å². The maximum absolute atomic E-state index is 3.59. The molecular formula is C36H46. The van der Waals surface area contributed by atoms with Crippen molar-refractivity contribution in [3.8, 4) is 23.7 Å². The molecule has 0 aliphatic rings. The fourth-order valence-electron chi connectivity index (χ4n) is 5.14. The van der Waals surface area contributed by atoms with Crippen LogP contribution in [0.25, 0.3) is 21.5 Å². The molecule has 0 saturated carbocycles. The smallest absolute Gasteiger partial charge is 0.0346 e. The van der Waals surface area contributed by atoms with E-state index < -0.39 is 0 Å². The van der Waals surface area contributed by atoms with Crippen LogP contribution in [0, 0.1) is 23.7 Å². The highest BCUT2D eigenvalue weighted by Gasteiger charge is 2.19. The van der Waals surface area contributed by atoms with Crippen LogP contribution < -0.4 is 0 Å². The Morgan fingerprint density at radius 1 is 0.500 bits per heavy atom. The average molecular weight is 479 g/mol. The average Bonchev–Trinajstić information content (AvgIpc) is 2.90. The van der Waals surface area contributed by atoms with Crippen LogP contribution in [0.4, 0.5) is 0 Å². The summed E-state index contributed by atoms with van der Waals surface area (Å²) in [4.78, 5) is 0. The first-order chi connectivity index (χ1) is 17.7. The van der Waals surface area contributed by atoms with Crippen LogP contribution in [0.2, 0.25) is 0 Å². The molecule has 0 amide bonds. The van der Waals surface area contributed by atoms with Crippen LogP contribution in [-0.2, 0) is 25.7 Å². The molecule has 0 heterocycles. The molecule has 0 heteroatoms. The minimum absolute atomic E-state index is 0.858. The van der Waals surface area contributed by atoms with E-state index in [-0.39, 0.29) is 0 Å². The molecule has 0 aromatic heterocycles. The van der Waals surface area contributed by atoms with E-state index in [1.165, 1.54) is 95.2 Å². The van der Waals surface area contributed by atoms with Crippen LogP contribution in [0.15, 0.2) is 36.4 Å². The second kappa shape index (κ2) is 15.4. The molecule has 36 heavy (non-hydrogen) atoms. The number of rotatable bonds is 12. The van der Waals surface area contributed by atoms with Crippen LogP contribution in [-0.4, -0.2) is 0 Å². The van der Waals surface area contributed by atoms with Crippen molar-refractivity contribution >= 4 is 21.5 Å². The lowest BCUT2D eigenvalue weighted by atomic mass is 9.82. The van der Waals surface area contributed by atoms with Crippen LogP contribution in [0.5, 0.6) is 0 Å². The second-order valence-electron chi connectivity index (χ2n) is 10.1. The molecule has 3 aromatic carbocycles. The molecule has 190 valence electrons. The SMILES string of the molecule is CCCCC#CCc1c(CC#CCCCC)c(CCCC)c2cc3ccccc3cc2c1CCCC. The summed E-state index contributed by atoms with van der Waals surface area (Å²) >= 11 is 0. The Balaban J connectivity index is 2.27. The first-order valence-corrected chi connectivity index (χ1v) is 14.6. The first-order valence-electron chi connectivity index (χ1n) is 14.6. The van der Waals surface area contributed by atoms with Gasteiger partial charge in [-0.25, -0.2) is 0 Å². The summed E-state index contributed by atoms with van der Waals surface area (Å²) in [5.41, 5.74) is 6.05. The van der Waals surface area contributed by atoms with Crippen molar-refractivity contribution in [2.75, 3.05) is 0 Å². The first kappa shape index (κ1) is 27.9. The van der Waals surface area contributed by atoms with Crippen molar-refractivity contribution in [3.63, 3.8) is 0 Å². The van der Waals surface area contributed by atoms with Gasteiger partial charge in [0.2, 0.25) is 0 Å². The summed E-state index contributed by atoms with van der Waals surface area (Å²) in [6, 6.07) is 13.8. The quantitative estimate of drug-likeness (QED) is 0.138. The van der Waals surface area contributed by atoms with Crippen LogP contribution in [0.1, 0.15) is 114 Å². The predicted octanol–water partition coefficient (Wildman–Crippen LogP) is 10.2. The van der Waals surface area contributed by atoms with E-state index in [0.717, 1.165) is 38.5 Å². The van der Waals surface area contributed by atoms with E-state index in [2.05, 4.69) is 87.8 Å². The second-order valence-corrected chi connectivity index (χ2v) is 10.1. The Labute approximate surface area is 221 Å². The van der Waals surface area contributed by atoms with E-state index in [1.54, 1.807) is 0 Å². The summed E-state index contributed by atoms with van der Waals surface area (Å²) in [6.45, 7) is 9.09. The number of hydrogen-bond donors (Lipinski definition) is 0. The molecule has 0 bridgehead atoms. The number of benzene rings is 3. The highest BCUT2D eigenvalue weighted by Crippen LogP contribution is 2.36. The van der Waals surface area contributed by atoms with Gasteiger partial charge >= 0.3 is 0 Å². The third-order valence-electron chi connectivity index (χ3n) is 7.28. The van der Waals surface area contributed by atoms with E-state index in [4.69, 9.17) is 0 Å². The van der Waals surface area contributed by atoms with Crippen molar-refractivity contribution in [1.82, 2.24) is 0 Å². The zero-order valence-corrected chi connectivity index (χ0v) is 23.4. The maximum atomic E-state index is 3.59. The van der Waals surface area contributed by atoms with Crippen molar-refractivity contribution < 1.29 is 0 Å². The van der Waals surface area contributed by atoms with Crippen LogP contribution in [0.3, 0.4) is 0 Å². The summed E-state index contributed by atoms with van der Waals surface area (Å²) in [7, 11) is 0. The third kappa shape index (κ3) is 7.40. The van der Waals surface area contributed by atoms with E-state index in [9.17, 15) is 0 Å². The molecule has 0 N–H and O–H groups in total. The Morgan fingerprint density at radius 2 is 0.917 bits per heavy atom. The Kier molecular flexibility index (Phi) is 11.9. The summed E-state index contributed by atoms with van der Waals surface area (Å²) < 4.78 is 0. The van der Waals surface area contributed by atoms with Crippen LogP contribution >= 0.6 is 0 Å². The van der Waals surface area contributed by atoms with Gasteiger partial charge in [-0.2, -0.15) is 0 Å². The molecule has 0 aliphatic carbocycles. The lowest BCUT2D eigenvalue weighted by Crippen LogP contribution is -2.07. The molecular weight excluding hydrogens is 432 g/mol. The number of fused-ring (bicyclic) bond motifs is 2. The van der Waals surface area contributed by atoms with Gasteiger partial charge < -0.3 is 0 Å². The highest BCUT2D eigenvalue weighted by molar-refractivity contribution is 6.02. The standard InChI is InChI=1S/C36H46/c1-5-9-13-15-17-25-31-32(26-18-16-14-10-6-2)34(24-12-8-4)36-28-30-22-20-19-21-29(30)27-35(36)33(31)23-11-7-3/h19-22,27-28H,5-14,23-26H2,1-4H3. The molecule has 0 aliphatic heterocycles. The normalized spacial score (nSPS) is 10.8. The highest BCUT2D eigenvalue weighted by atomic mass is 14.2. The van der Waals surface area contributed by atoms with Gasteiger partial charge in [0.1, 0.15) is 0 Å². The Hall–Kier alpha value is -2.70. The predicted molar refractivity (Wildman–Crippen MR) is 161 cm³/mol. The summed E-state index contributed by atoms with van der Waals surface area (Å²) in [5, 5.41) is 5.61. The Morgan fingerprint density at radius 3 is 1.31 bits per heavy atom. The Bertz CT molecular complexity index is 1140. The van der Waals surface area contributed by atoms with Gasteiger partial charge in [-0.05, 0) is 94.5 Å². The number of aryl methyl sites for hydroxylation is 2. The lowest BCUT2D eigenvalue weighted by Gasteiger charge is -2.22. The largest absolute Gasteiger partial charge is 0.103 e. The molecule has 0 spiro atoms. The van der Waals surface area contributed by atoms with E-state index in [0.29, 0.717) is 0 Å². The van der Waals surface area contributed by atoms with Gasteiger partial charge in [-0.3, -0.25) is 0 Å². The molecule has 0 radical (unpaired) electrons. The fraction of sp³-hybridized carbons (Fsp3) is 0.500. The third-order valence-corrected chi connectivity index (χ3v) is 7.28. The molecule has 3 rings (SSSR count). The monoisotopic (exact) mass is 478 g/mol. The molecule has 0 nitrogen and oxygen atoms in total. The minimum atomic E-state index is 0.858. The molecule has 0 fully saturated rings. The minimum Gasteiger partial charge on any atom is -0.103 e. The molecule has 0 atom stereocenters. The van der Waals surface area contributed by atoms with Crippen molar-refractivity contribution in [2.45, 2.75) is 118 Å². The van der Waals surface area contributed by atoms with Gasteiger partial charge in [0.15, 0.2) is 0 Å². The number of unbranched alkanes of at least 4 members (excludes halogenated alkanes) is 6. The van der Waals surface area contributed by atoms with Gasteiger partial charge in [0.25, 0.3) is 0 Å². The summed E-state index contributed by atoms with van der Waals surface area (Å²) in [5.74, 6) is 14.2. The van der Waals surface area contributed by atoms with Gasteiger partial charge in [-0.15, -0.1) is 11.8 Å². The zero-order valence-electron chi connectivity index (χ0n) is 23.4. The zero-order chi connectivity index (χ0) is 25.6. The maximum Gasteiger partial charge on any atom is 0.0346 e. The topological polar surface area (TPSA) is 0 Å². The van der Waals surface area contributed by atoms with E-state index in [1.807, 2.05) is 0 Å². The summed E-state index contributed by atoms with van der Waals surface area (Å²) in [6.07, 6.45) is 15.6. The van der Waals surface area contributed by atoms with Crippen molar-refractivity contribution in [3.05, 3.63) is 58.7 Å². The van der Waals surface area contributed by atoms with Gasteiger partial charge in [-0.1, -0.05) is 89.5 Å². The van der Waals surface area contributed by atoms with Crippen molar-refractivity contribution in [2.24, 2.45) is 0 Å². The van der Waals surface area contributed by atoms with E-state index >= 15 is 0 Å². The molecule has 3 aromatic rings. The fourth-order valence-corrected chi connectivity index (χ4v) is 5.14.